The topological polar surface area (TPSA) is 92.4 Å². The SMILES string of the molecule is Cc1ccc(-c2noc([C@@H](C)N3CCN(C(=O)CCC(=O)c4cccnc4)CC3)n2)cc1. The summed E-state index contributed by atoms with van der Waals surface area (Å²) in [5.41, 5.74) is 2.65. The van der Waals surface area contributed by atoms with E-state index in [0.717, 1.165) is 5.56 Å². The van der Waals surface area contributed by atoms with Crippen molar-refractivity contribution in [3.8, 4) is 11.4 Å². The van der Waals surface area contributed by atoms with E-state index in [1.165, 1.54) is 11.8 Å². The van der Waals surface area contributed by atoms with Crippen LogP contribution in [0.5, 0.6) is 0 Å². The molecule has 3 aromatic rings. The predicted molar refractivity (Wildman–Crippen MR) is 119 cm³/mol. The van der Waals surface area contributed by atoms with E-state index in [9.17, 15) is 9.59 Å². The number of hydrogen-bond donors (Lipinski definition) is 0. The molecule has 0 spiro atoms. The van der Waals surface area contributed by atoms with Crippen LogP contribution in [0.2, 0.25) is 0 Å². The summed E-state index contributed by atoms with van der Waals surface area (Å²) >= 11 is 0. The maximum Gasteiger partial charge on any atom is 0.244 e. The first-order valence-electron chi connectivity index (χ1n) is 10.9. The molecule has 0 saturated carbocycles. The van der Waals surface area contributed by atoms with Crippen molar-refractivity contribution in [1.82, 2.24) is 24.9 Å². The highest BCUT2D eigenvalue weighted by molar-refractivity contribution is 5.97. The molecule has 1 aliphatic heterocycles. The molecule has 0 bridgehead atoms. The van der Waals surface area contributed by atoms with Crippen molar-refractivity contribution < 1.29 is 14.1 Å². The molecule has 0 unspecified atom stereocenters. The Kier molecular flexibility index (Phi) is 6.70. The lowest BCUT2D eigenvalue weighted by molar-refractivity contribution is -0.133. The molecule has 0 radical (unpaired) electrons. The van der Waals surface area contributed by atoms with Gasteiger partial charge in [-0.05, 0) is 26.0 Å². The van der Waals surface area contributed by atoms with Gasteiger partial charge < -0.3 is 9.42 Å². The molecule has 0 aliphatic carbocycles. The van der Waals surface area contributed by atoms with Crippen LogP contribution in [0.25, 0.3) is 11.4 Å². The standard InChI is InChI=1S/C24H27N5O3/c1-17-5-7-19(8-6-17)23-26-24(32-27-23)18(2)28-12-14-29(15-13-28)22(31)10-9-21(30)20-4-3-11-25-16-20/h3-8,11,16,18H,9-10,12-15H2,1-2H3/t18-/m1/s1. The molecule has 1 saturated heterocycles. The number of ketones is 1. The van der Waals surface area contributed by atoms with Gasteiger partial charge in [0.05, 0.1) is 6.04 Å². The Bertz CT molecular complexity index is 1060. The first kappa shape index (κ1) is 21.8. The second kappa shape index (κ2) is 9.82. The number of nitrogens with zero attached hydrogens (tertiary/aromatic N) is 5. The quantitative estimate of drug-likeness (QED) is 0.528. The van der Waals surface area contributed by atoms with Crippen molar-refractivity contribution in [2.45, 2.75) is 32.7 Å². The van der Waals surface area contributed by atoms with E-state index >= 15 is 0 Å². The summed E-state index contributed by atoms with van der Waals surface area (Å²) in [6, 6.07) is 11.4. The monoisotopic (exact) mass is 433 g/mol. The number of hydrogen-bond acceptors (Lipinski definition) is 7. The van der Waals surface area contributed by atoms with Crippen molar-refractivity contribution in [3.63, 3.8) is 0 Å². The van der Waals surface area contributed by atoms with Crippen LogP contribution in [-0.2, 0) is 4.79 Å². The van der Waals surface area contributed by atoms with Gasteiger partial charge in [-0.1, -0.05) is 35.0 Å². The number of aryl methyl sites for hydroxylation is 1. The smallest absolute Gasteiger partial charge is 0.244 e. The van der Waals surface area contributed by atoms with Crippen LogP contribution in [0.4, 0.5) is 0 Å². The average molecular weight is 434 g/mol. The summed E-state index contributed by atoms with van der Waals surface area (Å²) in [6.07, 6.45) is 3.58. The second-order valence-corrected chi connectivity index (χ2v) is 8.08. The molecule has 8 heteroatoms. The van der Waals surface area contributed by atoms with E-state index in [1.54, 1.807) is 18.3 Å². The van der Waals surface area contributed by atoms with Gasteiger partial charge in [-0.15, -0.1) is 0 Å². The lowest BCUT2D eigenvalue weighted by Crippen LogP contribution is -2.49. The summed E-state index contributed by atoms with van der Waals surface area (Å²) in [5, 5.41) is 4.13. The highest BCUT2D eigenvalue weighted by Gasteiger charge is 2.28. The third kappa shape index (κ3) is 5.08. The van der Waals surface area contributed by atoms with Crippen LogP contribution in [0.3, 0.4) is 0 Å². The van der Waals surface area contributed by atoms with Gasteiger partial charge in [-0.2, -0.15) is 4.98 Å². The Morgan fingerprint density at radius 2 is 1.81 bits per heavy atom. The zero-order chi connectivity index (χ0) is 22.5. The van der Waals surface area contributed by atoms with Gasteiger partial charge in [-0.3, -0.25) is 19.5 Å². The van der Waals surface area contributed by atoms with Crippen molar-refractivity contribution >= 4 is 11.7 Å². The second-order valence-electron chi connectivity index (χ2n) is 8.08. The van der Waals surface area contributed by atoms with Crippen molar-refractivity contribution in [1.29, 1.82) is 0 Å². The molecule has 32 heavy (non-hydrogen) atoms. The van der Waals surface area contributed by atoms with E-state index in [0.29, 0.717) is 43.5 Å². The van der Waals surface area contributed by atoms with Crippen LogP contribution in [0, 0.1) is 6.92 Å². The molecular formula is C24H27N5O3. The fraction of sp³-hybridized carbons (Fsp3) is 0.375. The summed E-state index contributed by atoms with van der Waals surface area (Å²) in [7, 11) is 0. The first-order chi connectivity index (χ1) is 15.5. The molecule has 1 aliphatic rings. The summed E-state index contributed by atoms with van der Waals surface area (Å²) in [5.74, 6) is 1.11. The molecular weight excluding hydrogens is 406 g/mol. The predicted octanol–water partition coefficient (Wildman–Crippen LogP) is 3.31. The first-order valence-corrected chi connectivity index (χ1v) is 10.9. The maximum absolute atomic E-state index is 12.6. The number of benzene rings is 1. The molecule has 1 aromatic carbocycles. The molecule has 1 amide bonds. The van der Waals surface area contributed by atoms with E-state index in [2.05, 4.69) is 20.0 Å². The molecule has 1 atom stereocenters. The lowest BCUT2D eigenvalue weighted by Gasteiger charge is -2.36. The Hall–Kier alpha value is -3.39. The minimum atomic E-state index is -0.0560. The minimum Gasteiger partial charge on any atom is -0.340 e. The fourth-order valence-electron chi connectivity index (χ4n) is 3.79. The highest BCUT2D eigenvalue weighted by Crippen LogP contribution is 2.24. The zero-order valence-electron chi connectivity index (χ0n) is 18.4. The summed E-state index contributed by atoms with van der Waals surface area (Å²) in [6.45, 7) is 6.73. The number of piperazine rings is 1. The Morgan fingerprint density at radius 1 is 1.06 bits per heavy atom. The molecule has 166 valence electrons. The number of pyridine rings is 1. The zero-order valence-corrected chi connectivity index (χ0v) is 18.4. The third-order valence-electron chi connectivity index (χ3n) is 5.87. The van der Waals surface area contributed by atoms with Gasteiger partial charge in [-0.25, -0.2) is 0 Å². The number of aromatic nitrogens is 3. The number of carbonyl (C=O) groups is 2. The Balaban J connectivity index is 1.27. The Morgan fingerprint density at radius 3 is 2.50 bits per heavy atom. The van der Waals surface area contributed by atoms with Crippen LogP contribution < -0.4 is 0 Å². The number of Topliss-reactive ketones (excluding diaryl/α,β-unsaturated/α-hetero) is 1. The van der Waals surface area contributed by atoms with Crippen LogP contribution in [-0.4, -0.2) is 62.8 Å². The molecule has 3 heterocycles. The van der Waals surface area contributed by atoms with Crippen molar-refractivity contribution in [3.05, 3.63) is 65.8 Å². The van der Waals surface area contributed by atoms with Crippen LogP contribution in [0.1, 0.15) is 47.6 Å². The normalized spacial score (nSPS) is 15.5. The molecule has 0 N–H and O–H groups in total. The van der Waals surface area contributed by atoms with Gasteiger partial charge in [0.2, 0.25) is 17.6 Å². The Labute approximate surface area is 187 Å². The highest BCUT2D eigenvalue weighted by atomic mass is 16.5. The number of carbonyl (C=O) groups excluding carboxylic acids is 2. The van der Waals surface area contributed by atoms with Gasteiger partial charge in [0.1, 0.15) is 0 Å². The molecule has 8 nitrogen and oxygen atoms in total. The summed E-state index contributed by atoms with van der Waals surface area (Å²) < 4.78 is 5.52. The average Bonchev–Trinajstić information content (AvgIpc) is 3.33. The van der Waals surface area contributed by atoms with Gasteiger partial charge in [0.15, 0.2) is 5.78 Å². The van der Waals surface area contributed by atoms with E-state index in [-0.39, 0.29) is 30.6 Å². The van der Waals surface area contributed by atoms with Gasteiger partial charge in [0, 0.05) is 62.5 Å². The van der Waals surface area contributed by atoms with Crippen LogP contribution in [0.15, 0.2) is 53.3 Å². The lowest BCUT2D eigenvalue weighted by atomic mass is 10.1. The van der Waals surface area contributed by atoms with E-state index < -0.39 is 0 Å². The molecule has 1 fully saturated rings. The van der Waals surface area contributed by atoms with Gasteiger partial charge in [0.25, 0.3) is 0 Å². The van der Waals surface area contributed by atoms with E-state index in [4.69, 9.17) is 4.52 Å². The maximum atomic E-state index is 12.6. The van der Waals surface area contributed by atoms with Crippen molar-refractivity contribution in [2.75, 3.05) is 26.2 Å². The summed E-state index contributed by atoms with van der Waals surface area (Å²) in [4.78, 5) is 37.4. The largest absolute Gasteiger partial charge is 0.340 e. The fourth-order valence-corrected chi connectivity index (χ4v) is 3.79. The van der Waals surface area contributed by atoms with Crippen LogP contribution >= 0.6 is 0 Å². The van der Waals surface area contributed by atoms with E-state index in [1.807, 2.05) is 43.0 Å². The molecule has 2 aromatic heterocycles. The van der Waals surface area contributed by atoms with Gasteiger partial charge >= 0.3 is 0 Å². The number of amides is 1. The van der Waals surface area contributed by atoms with Crippen molar-refractivity contribution in [2.24, 2.45) is 0 Å². The third-order valence-corrected chi connectivity index (χ3v) is 5.87. The number of rotatable bonds is 7. The minimum absolute atomic E-state index is 0.00832. The molecule has 4 rings (SSSR count).